The van der Waals surface area contributed by atoms with E-state index >= 15 is 0 Å². The van der Waals surface area contributed by atoms with Crippen molar-refractivity contribution in [2.75, 3.05) is 0 Å². The molecule has 6 heteroatoms. The number of nitrogens with one attached hydrogen (secondary N) is 1. The molecule has 3 rings (SSSR count). The van der Waals surface area contributed by atoms with Gasteiger partial charge in [0.1, 0.15) is 0 Å². The third-order valence-corrected chi connectivity index (χ3v) is 3.87. The number of hydrogen-bond donors (Lipinski definition) is 1. The number of aryl methyl sites for hydroxylation is 2. The fourth-order valence-electron chi connectivity index (χ4n) is 2.06. The first kappa shape index (κ1) is 12.3. The number of imidazole rings is 1. The molecule has 3 aromatic heterocycles. The summed E-state index contributed by atoms with van der Waals surface area (Å²) in [5.74, 6) is 0. The minimum absolute atomic E-state index is 0.712. The molecule has 0 fully saturated rings. The van der Waals surface area contributed by atoms with Crippen molar-refractivity contribution >= 4 is 16.3 Å². The van der Waals surface area contributed by atoms with Gasteiger partial charge in [-0.25, -0.2) is 4.98 Å². The summed E-state index contributed by atoms with van der Waals surface area (Å²) in [5.41, 5.74) is 3.24. The number of rotatable bonds is 4. The Morgan fingerprint density at radius 2 is 2.21 bits per heavy atom. The maximum atomic E-state index is 4.57. The van der Waals surface area contributed by atoms with Gasteiger partial charge in [-0.1, -0.05) is 0 Å². The minimum atomic E-state index is 0.712. The Kier molecular flexibility index (Phi) is 3.27. The molecule has 0 radical (unpaired) electrons. The van der Waals surface area contributed by atoms with Gasteiger partial charge in [0.15, 0.2) is 4.96 Å². The molecule has 3 aromatic rings. The molecule has 0 saturated carbocycles. The molecule has 5 nitrogen and oxygen atoms in total. The average molecular weight is 273 g/mol. The molecule has 0 spiro atoms. The Labute approximate surface area is 115 Å². The van der Waals surface area contributed by atoms with Crippen LogP contribution >= 0.6 is 11.3 Å². The van der Waals surface area contributed by atoms with Gasteiger partial charge in [0.25, 0.3) is 0 Å². The lowest BCUT2D eigenvalue weighted by Crippen LogP contribution is -2.15. The second kappa shape index (κ2) is 5.07. The summed E-state index contributed by atoms with van der Waals surface area (Å²) in [6.45, 7) is 5.64. The fraction of sp³-hybridized carbons (Fsp3) is 0.308. The molecule has 0 aliphatic rings. The van der Waals surface area contributed by atoms with Crippen LogP contribution in [0.4, 0.5) is 0 Å². The predicted molar refractivity (Wildman–Crippen MR) is 75.1 cm³/mol. The van der Waals surface area contributed by atoms with Gasteiger partial charge in [0.2, 0.25) is 0 Å². The minimum Gasteiger partial charge on any atom is -0.305 e. The zero-order chi connectivity index (χ0) is 13.2. The number of aromatic nitrogens is 4. The quantitative estimate of drug-likeness (QED) is 0.791. The molecule has 0 bridgehead atoms. The van der Waals surface area contributed by atoms with Gasteiger partial charge in [0.05, 0.1) is 17.1 Å². The lowest BCUT2D eigenvalue weighted by molar-refractivity contribution is 0.653. The number of hydrogen-bond acceptors (Lipinski definition) is 5. The lowest BCUT2D eigenvalue weighted by atomic mass is 10.3. The summed E-state index contributed by atoms with van der Waals surface area (Å²) in [7, 11) is 0. The van der Waals surface area contributed by atoms with Crippen LogP contribution in [0.3, 0.4) is 0 Å². The van der Waals surface area contributed by atoms with Crippen LogP contribution < -0.4 is 5.32 Å². The SMILES string of the molecule is Cc1cn2c(CNCc3cccnn3)c(C)nc2s1. The third-order valence-electron chi connectivity index (χ3n) is 2.97. The molecule has 0 aromatic carbocycles. The van der Waals surface area contributed by atoms with Crippen molar-refractivity contribution < 1.29 is 0 Å². The van der Waals surface area contributed by atoms with E-state index in [9.17, 15) is 0 Å². The van der Waals surface area contributed by atoms with Crippen LogP contribution in [0.15, 0.2) is 24.5 Å². The Hall–Kier alpha value is -1.79. The van der Waals surface area contributed by atoms with E-state index in [1.807, 2.05) is 19.1 Å². The Bertz CT molecular complexity index is 686. The first-order valence-corrected chi connectivity index (χ1v) is 6.97. The van der Waals surface area contributed by atoms with Crippen LogP contribution in [0.1, 0.15) is 22.0 Å². The monoisotopic (exact) mass is 273 g/mol. The maximum Gasteiger partial charge on any atom is 0.194 e. The average Bonchev–Trinajstić information content (AvgIpc) is 2.88. The van der Waals surface area contributed by atoms with Crippen molar-refractivity contribution in [2.45, 2.75) is 26.9 Å². The molecule has 1 N–H and O–H groups in total. The zero-order valence-electron chi connectivity index (χ0n) is 10.9. The summed E-state index contributed by atoms with van der Waals surface area (Å²) in [5, 5.41) is 11.3. The second-order valence-corrected chi connectivity index (χ2v) is 5.67. The Morgan fingerprint density at radius 3 is 3.00 bits per heavy atom. The van der Waals surface area contributed by atoms with Crippen LogP contribution in [0, 0.1) is 13.8 Å². The second-order valence-electron chi connectivity index (χ2n) is 4.46. The van der Waals surface area contributed by atoms with Gasteiger partial charge in [-0.3, -0.25) is 4.40 Å². The molecule has 0 amide bonds. The first-order chi connectivity index (χ1) is 9.24. The van der Waals surface area contributed by atoms with Gasteiger partial charge in [-0.05, 0) is 26.0 Å². The van der Waals surface area contributed by atoms with Gasteiger partial charge < -0.3 is 5.32 Å². The highest BCUT2D eigenvalue weighted by molar-refractivity contribution is 7.17. The van der Waals surface area contributed by atoms with E-state index in [4.69, 9.17) is 0 Å². The lowest BCUT2D eigenvalue weighted by Gasteiger charge is -2.04. The van der Waals surface area contributed by atoms with Crippen molar-refractivity contribution in [1.82, 2.24) is 24.9 Å². The summed E-state index contributed by atoms with van der Waals surface area (Å²) < 4.78 is 2.17. The Morgan fingerprint density at radius 1 is 1.32 bits per heavy atom. The van der Waals surface area contributed by atoms with Crippen molar-refractivity contribution in [2.24, 2.45) is 0 Å². The van der Waals surface area contributed by atoms with Crippen LogP contribution in [0.2, 0.25) is 0 Å². The molecule has 0 unspecified atom stereocenters. The predicted octanol–water partition coefficient (Wildman–Crippen LogP) is 2.09. The Balaban J connectivity index is 1.73. The van der Waals surface area contributed by atoms with E-state index in [1.165, 1.54) is 10.6 Å². The van der Waals surface area contributed by atoms with Gasteiger partial charge in [-0.2, -0.15) is 10.2 Å². The van der Waals surface area contributed by atoms with Crippen LogP contribution in [0.5, 0.6) is 0 Å². The van der Waals surface area contributed by atoms with E-state index in [2.05, 4.69) is 38.0 Å². The fourth-order valence-corrected chi connectivity index (χ4v) is 2.95. The summed E-state index contributed by atoms with van der Waals surface area (Å²) in [6.07, 6.45) is 3.82. The van der Waals surface area contributed by atoms with Crippen LogP contribution in [-0.4, -0.2) is 19.6 Å². The number of thiazole rings is 1. The number of nitrogens with zero attached hydrogens (tertiary/aromatic N) is 4. The van der Waals surface area contributed by atoms with Crippen LogP contribution in [0.25, 0.3) is 4.96 Å². The molecule has 0 aliphatic carbocycles. The molecule has 98 valence electrons. The highest BCUT2D eigenvalue weighted by Gasteiger charge is 2.10. The van der Waals surface area contributed by atoms with Crippen molar-refractivity contribution in [3.8, 4) is 0 Å². The van der Waals surface area contributed by atoms with E-state index < -0.39 is 0 Å². The zero-order valence-corrected chi connectivity index (χ0v) is 11.7. The van der Waals surface area contributed by atoms with Crippen LogP contribution in [-0.2, 0) is 13.1 Å². The standard InChI is InChI=1S/C13H15N5S/c1-9-8-18-12(10(2)16-13(18)19-9)7-14-6-11-4-3-5-15-17-11/h3-5,8,14H,6-7H2,1-2H3. The molecular formula is C13H15N5S. The molecule has 0 saturated heterocycles. The molecule has 3 heterocycles. The van der Waals surface area contributed by atoms with Gasteiger partial charge >= 0.3 is 0 Å². The van der Waals surface area contributed by atoms with E-state index in [-0.39, 0.29) is 0 Å². The highest BCUT2D eigenvalue weighted by Crippen LogP contribution is 2.20. The topological polar surface area (TPSA) is 55.1 Å². The summed E-state index contributed by atoms with van der Waals surface area (Å²) in [4.78, 5) is 6.91. The summed E-state index contributed by atoms with van der Waals surface area (Å²) >= 11 is 1.72. The van der Waals surface area contributed by atoms with Crippen molar-refractivity contribution in [3.05, 3.63) is 46.5 Å². The normalized spacial score (nSPS) is 11.3. The van der Waals surface area contributed by atoms with Gasteiger partial charge in [-0.15, -0.1) is 11.3 Å². The van der Waals surface area contributed by atoms with Crippen molar-refractivity contribution in [3.63, 3.8) is 0 Å². The summed E-state index contributed by atoms with van der Waals surface area (Å²) in [6, 6.07) is 3.86. The van der Waals surface area contributed by atoms with E-state index in [0.29, 0.717) is 6.54 Å². The largest absolute Gasteiger partial charge is 0.305 e. The molecular weight excluding hydrogens is 258 g/mol. The van der Waals surface area contributed by atoms with Crippen molar-refractivity contribution in [1.29, 1.82) is 0 Å². The van der Waals surface area contributed by atoms with Gasteiger partial charge in [0, 0.05) is 30.4 Å². The maximum absolute atomic E-state index is 4.57. The van der Waals surface area contributed by atoms with E-state index in [0.717, 1.165) is 22.9 Å². The third kappa shape index (κ3) is 2.50. The number of fused-ring (bicyclic) bond motifs is 1. The highest BCUT2D eigenvalue weighted by atomic mass is 32.1. The molecule has 0 aliphatic heterocycles. The molecule has 19 heavy (non-hydrogen) atoms. The first-order valence-electron chi connectivity index (χ1n) is 6.15. The van der Waals surface area contributed by atoms with E-state index in [1.54, 1.807) is 17.5 Å². The smallest absolute Gasteiger partial charge is 0.194 e. The molecule has 0 atom stereocenters.